The summed E-state index contributed by atoms with van der Waals surface area (Å²) in [5.41, 5.74) is 1.28. The van der Waals surface area contributed by atoms with Gasteiger partial charge < -0.3 is 10.1 Å². The Balaban J connectivity index is 1.78. The predicted octanol–water partition coefficient (Wildman–Crippen LogP) is 5.96. The van der Waals surface area contributed by atoms with Gasteiger partial charge in [-0.3, -0.25) is 4.98 Å². The number of hydrogen-bond donors (Lipinski definition) is 1. The summed E-state index contributed by atoms with van der Waals surface area (Å²) in [5.74, 6) is 0.760. The Morgan fingerprint density at radius 2 is 1.88 bits per heavy atom. The summed E-state index contributed by atoms with van der Waals surface area (Å²) in [7, 11) is 1.51. The van der Waals surface area contributed by atoms with E-state index in [0.29, 0.717) is 44.8 Å². The Morgan fingerprint density at radius 1 is 1.06 bits per heavy atom. The highest BCUT2D eigenvalue weighted by Gasteiger charge is 2.32. The maximum atomic E-state index is 13.1. The molecule has 10 heteroatoms. The van der Waals surface area contributed by atoms with Crippen LogP contribution in [0.25, 0.3) is 22.4 Å². The number of rotatable bonds is 5. The van der Waals surface area contributed by atoms with Crippen molar-refractivity contribution in [3.05, 3.63) is 70.6 Å². The quantitative estimate of drug-likeness (QED) is 0.397. The number of nitrogens with zero attached hydrogens (tertiary/aromatic N) is 4. The number of halogens is 4. The van der Waals surface area contributed by atoms with Gasteiger partial charge in [-0.2, -0.15) is 13.2 Å². The summed E-state index contributed by atoms with van der Waals surface area (Å²) >= 11 is 6.24. The lowest BCUT2D eigenvalue weighted by molar-refractivity contribution is -0.138. The van der Waals surface area contributed by atoms with Crippen molar-refractivity contribution in [1.29, 1.82) is 0 Å². The van der Waals surface area contributed by atoms with Crippen LogP contribution in [0.2, 0.25) is 5.02 Å². The molecule has 0 unspecified atom stereocenters. The smallest absolute Gasteiger partial charge is 0.377 e. The first-order valence-electron chi connectivity index (χ1n) is 9.48. The van der Waals surface area contributed by atoms with E-state index in [4.69, 9.17) is 16.3 Å². The van der Waals surface area contributed by atoms with Crippen LogP contribution in [0.1, 0.15) is 17.0 Å². The lowest BCUT2D eigenvalue weighted by Crippen LogP contribution is -2.08. The highest BCUT2D eigenvalue weighted by Crippen LogP contribution is 2.34. The number of benzene rings is 1. The molecule has 0 radical (unpaired) electrons. The molecule has 1 aromatic carbocycles. The normalized spacial score (nSPS) is 11.7. The van der Waals surface area contributed by atoms with E-state index in [9.17, 15) is 13.2 Å². The first-order chi connectivity index (χ1) is 15.3. The van der Waals surface area contributed by atoms with Crippen molar-refractivity contribution in [3.63, 3.8) is 0 Å². The molecule has 0 bridgehead atoms. The van der Waals surface area contributed by atoms with E-state index in [0.717, 1.165) is 6.07 Å². The summed E-state index contributed by atoms with van der Waals surface area (Å²) in [5, 5.41) is 4.11. The molecule has 0 saturated carbocycles. The van der Waals surface area contributed by atoms with Crippen LogP contribution in [0.15, 0.2) is 48.7 Å². The average Bonchev–Trinajstić information content (AvgIpc) is 2.73. The average molecular weight is 460 g/mol. The van der Waals surface area contributed by atoms with Gasteiger partial charge in [0.25, 0.3) is 0 Å². The molecule has 3 heterocycles. The van der Waals surface area contributed by atoms with E-state index in [1.54, 1.807) is 30.5 Å². The fourth-order valence-electron chi connectivity index (χ4n) is 3.25. The van der Waals surface area contributed by atoms with E-state index >= 15 is 0 Å². The number of anilines is 2. The number of alkyl halides is 3. The SMILES string of the molecule is COCc1nc(Nc2ccc(C(F)(F)F)c(C)c2)c2ccc(-c3ncccc3Cl)nc2n1. The zero-order valence-electron chi connectivity index (χ0n) is 17.0. The minimum atomic E-state index is -4.41. The second-order valence-corrected chi connectivity index (χ2v) is 7.38. The number of aryl methyl sites for hydroxylation is 1. The van der Waals surface area contributed by atoms with Crippen molar-refractivity contribution >= 4 is 34.1 Å². The number of fused-ring (bicyclic) bond motifs is 1. The summed E-state index contributed by atoms with van der Waals surface area (Å²) in [6.07, 6.45) is -2.80. The lowest BCUT2D eigenvalue weighted by atomic mass is 10.1. The van der Waals surface area contributed by atoms with Crippen molar-refractivity contribution in [1.82, 2.24) is 19.9 Å². The summed E-state index contributed by atoms with van der Waals surface area (Å²) in [6.45, 7) is 1.54. The lowest BCUT2D eigenvalue weighted by Gasteiger charge is -2.14. The second kappa shape index (κ2) is 8.68. The number of methoxy groups -OCH3 is 1. The molecule has 0 aliphatic carbocycles. The van der Waals surface area contributed by atoms with E-state index < -0.39 is 11.7 Å². The molecule has 3 aromatic heterocycles. The van der Waals surface area contributed by atoms with Crippen LogP contribution in [0.4, 0.5) is 24.7 Å². The van der Waals surface area contributed by atoms with Crippen molar-refractivity contribution < 1.29 is 17.9 Å². The Kier molecular flexibility index (Phi) is 5.94. The fraction of sp³-hybridized carbons (Fsp3) is 0.182. The van der Waals surface area contributed by atoms with E-state index in [2.05, 4.69) is 25.3 Å². The molecule has 0 aliphatic heterocycles. The number of ether oxygens (including phenoxy) is 1. The molecule has 0 fully saturated rings. The Labute approximate surface area is 186 Å². The first-order valence-corrected chi connectivity index (χ1v) is 9.86. The van der Waals surface area contributed by atoms with Gasteiger partial charge in [-0.1, -0.05) is 11.6 Å². The largest absolute Gasteiger partial charge is 0.416 e. The van der Waals surface area contributed by atoms with Gasteiger partial charge in [-0.15, -0.1) is 0 Å². The van der Waals surface area contributed by atoms with Crippen molar-refractivity contribution in [2.75, 3.05) is 12.4 Å². The molecule has 32 heavy (non-hydrogen) atoms. The van der Waals surface area contributed by atoms with Gasteiger partial charge in [0, 0.05) is 19.0 Å². The Hall–Kier alpha value is -3.30. The zero-order chi connectivity index (χ0) is 22.9. The van der Waals surface area contributed by atoms with Crippen molar-refractivity contribution in [3.8, 4) is 11.4 Å². The molecular weight excluding hydrogens is 443 g/mol. The molecule has 4 rings (SSSR count). The maximum Gasteiger partial charge on any atom is 0.416 e. The van der Waals surface area contributed by atoms with Crippen LogP contribution in [0.3, 0.4) is 0 Å². The standard InChI is InChI=1S/C22H17ClF3N5O/c1-12-10-13(5-7-15(12)22(24,25)26)28-20-14-6-8-17(19-16(23)4-3-9-27-19)29-21(14)31-18(30-20)11-32-2/h3-10H,11H2,1-2H3,(H,28,29,30,31). The van der Waals surface area contributed by atoms with Gasteiger partial charge in [0.1, 0.15) is 18.1 Å². The molecular formula is C22H17ClF3N5O. The predicted molar refractivity (Wildman–Crippen MR) is 116 cm³/mol. The number of nitrogens with one attached hydrogen (secondary N) is 1. The molecule has 0 aliphatic rings. The summed E-state index contributed by atoms with van der Waals surface area (Å²) < 4.78 is 44.4. The molecule has 0 amide bonds. The topological polar surface area (TPSA) is 72.8 Å². The van der Waals surface area contributed by atoms with Crippen LogP contribution in [-0.2, 0) is 17.5 Å². The van der Waals surface area contributed by atoms with Gasteiger partial charge >= 0.3 is 6.18 Å². The van der Waals surface area contributed by atoms with Crippen LogP contribution in [-0.4, -0.2) is 27.0 Å². The maximum absolute atomic E-state index is 13.1. The number of hydrogen-bond acceptors (Lipinski definition) is 6. The summed E-state index contributed by atoms with van der Waals surface area (Å²) in [6, 6.07) is 10.7. The van der Waals surface area contributed by atoms with Crippen LogP contribution in [0.5, 0.6) is 0 Å². The molecule has 1 N–H and O–H groups in total. The minimum Gasteiger partial charge on any atom is -0.377 e. The monoisotopic (exact) mass is 459 g/mol. The van der Waals surface area contributed by atoms with Gasteiger partial charge in [-0.05, 0) is 55.0 Å². The van der Waals surface area contributed by atoms with E-state index in [1.165, 1.54) is 26.2 Å². The van der Waals surface area contributed by atoms with Crippen molar-refractivity contribution in [2.45, 2.75) is 19.7 Å². The van der Waals surface area contributed by atoms with Gasteiger partial charge in [0.2, 0.25) is 0 Å². The van der Waals surface area contributed by atoms with Crippen molar-refractivity contribution in [2.24, 2.45) is 0 Å². The Morgan fingerprint density at radius 3 is 2.56 bits per heavy atom. The van der Waals surface area contributed by atoms with E-state index in [-0.39, 0.29) is 12.2 Å². The first kappa shape index (κ1) is 21.9. The van der Waals surface area contributed by atoms with Crippen LogP contribution < -0.4 is 5.32 Å². The second-order valence-electron chi connectivity index (χ2n) is 6.98. The highest BCUT2D eigenvalue weighted by atomic mass is 35.5. The van der Waals surface area contributed by atoms with E-state index in [1.807, 2.05) is 0 Å². The van der Waals surface area contributed by atoms with Gasteiger partial charge in [0.05, 0.1) is 21.7 Å². The molecule has 0 saturated heterocycles. The number of pyridine rings is 2. The third-order valence-electron chi connectivity index (χ3n) is 4.68. The third kappa shape index (κ3) is 4.49. The highest BCUT2D eigenvalue weighted by molar-refractivity contribution is 6.32. The summed E-state index contributed by atoms with van der Waals surface area (Å²) in [4.78, 5) is 17.7. The van der Waals surface area contributed by atoms with Gasteiger partial charge in [0.15, 0.2) is 11.5 Å². The molecule has 4 aromatic rings. The zero-order valence-corrected chi connectivity index (χ0v) is 17.8. The van der Waals surface area contributed by atoms with Gasteiger partial charge in [-0.25, -0.2) is 15.0 Å². The molecule has 6 nitrogen and oxygen atoms in total. The van der Waals surface area contributed by atoms with Crippen LogP contribution in [0, 0.1) is 6.92 Å². The third-order valence-corrected chi connectivity index (χ3v) is 4.98. The minimum absolute atomic E-state index is 0.100. The molecule has 164 valence electrons. The number of aromatic nitrogens is 4. The Bertz CT molecular complexity index is 1300. The molecule has 0 spiro atoms. The molecule has 0 atom stereocenters. The fourth-order valence-corrected chi connectivity index (χ4v) is 3.46. The van der Waals surface area contributed by atoms with Crippen LogP contribution >= 0.6 is 11.6 Å².